The van der Waals surface area contributed by atoms with E-state index in [4.69, 9.17) is 76.6 Å². The molecule has 0 saturated heterocycles. The number of hydrogen-bond acceptors (Lipinski definition) is 7. The van der Waals surface area contributed by atoms with Gasteiger partial charge >= 0.3 is 15.3 Å². The first-order valence-corrected chi connectivity index (χ1v) is 2.88. The van der Waals surface area contributed by atoms with E-state index in [-0.39, 0.29) is 37.3 Å². The van der Waals surface area contributed by atoms with Gasteiger partial charge in [-0.15, -0.1) is 20.2 Å². The second-order valence-electron chi connectivity index (χ2n) is 1.23. The largest absolute Gasteiger partial charge is 0.472 e. The van der Waals surface area contributed by atoms with Crippen molar-refractivity contribution in [3.63, 3.8) is 0 Å². The van der Waals surface area contributed by atoms with Crippen LogP contribution in [0.1, 0.15) is 0 Å². The Bertz CT molecular complexity index is 207. The molecule has 20 nitrogen and oxygen atoms in total. The summed E-state index contributed by atoms with van der Waals surface area (Å²) in [4.78, 5) is 42.1. The van der Waals surface area contributed by atoms with E-state index in [0.29, 0.717) is 0 Å². The molecular formula is H8ErN5O15+3. The molecule has 21 heteroatoms. The van der Waals surface area contributed by atoms with Crippen molar-refractivity contribution in [3.05, 3.63) is 34.9 Å². The summed E-state index contributed by atoms with van der Waals surface area (Å²) < 4.78 is 0. The average Bonchev–Trinajstić information content (AvgIpc) is 1.94. The fourth-order valence-corrected chi connectivity index (χ4v) is 0. The molecule has 0 aromatic rings. The van der Waals surface area contributed by atoms with E-state index in [1.165, 1.54) is 0 Å². The molecule has 0 fully saturated rings. The van der Waals surface area contributed by atoms with Gasteiger partial charge in [0.2, 0.25) is 0 Å². The van der Waals surface area contributed by atoms with Crippen LogP contribution in [-0.4, -0.2) is 67.1 Å². The van der Waals surface area contributed by atoms with Crippen molar-refractivity contribution in [2.45, 2.75) is 0 Å². The first-order chi connectivity index (χ1) is 8.66. The third kappa shape index (κ3) is 529. The van der Waals surface area contributed by atoms with E-state index in [1.807, 2.05) is 0 Å². The molecule has 0 aliphatic heterocycles. The van der Waals surface area contributed by atoms with Gasteiger partial charge in [0.25, 0.3) is 10.2 Å². The molecule has 0 unspecified atom stereocenters. The molecule has 8 N–H and O–H groups in total. The minimum absolute atomic E-state index is 0. The third-order valence-electron chi connectivity index (χ3n) is 0. The Kier molecular flexibility index (Phi) is 52.3. The fraction of sp³-hybridized carbons (Fsp3) is 0. The Labute approximate surface area is 139 Å². The Balaban J connectivity index is -0.0000000331. The second-order valence-corrected chi connectivity index (χ2v) is 1.23. The summed E-state index contributed by atoms with van der Waals surface area (Å²) in [5.41, 5.74) is 0. The fourth-order valence-electron chi connectivity index (χ4n) is 0. The predicted molar refractivity (Wildman–Crippen MR) is 39.2 cm³/mol. The molecule has 0 atom stereocenters. The van der Waals surface area contributed by atoms with Crippen molar-refractivity contribution in [1.82, 2.24) is 0 Å². The average molecular weight is 485 g/mol. The van der Waals surface area contributed by atoms with Gasteiger partial charge in [0.05, 0.1) is 0 Å². The standard InChI is InChI=1S/Er.3H2NO3.2HNO3/c;5*2-1(3)4/h;3*(H2,2,3,4);2*(H,2,3,4)/q;3*+1;;. The number of hydrogen-bond donors (Lipinski definition) is 8. The van der Waals surface area contributed by atoms with Gasteiger partial charge in [0.15, 0.2) is 0 Å². The maximum Gasteiger partial charge on any atom is 0.472 e. The van der Waals surface area contributed by atoms with Gasteiger partial charge in [0, 0.05) is 37.3 Å². The van der Waals surface area contributed by atoms with E-state index < -0.39 is 25.4 Å². The molecule has 0 amide bonds. The Morgan fingerprint density at radius 2 is 0.476 bits per heavy atom. The molecule has 0 bridgehead atoms. The summed E-state index contributed by atoms with van der Waals surface area (Å²) in [6.45, 7) is 0. The van der Waals surface area contributed by atoms with Crippen LogP contribution in [0.3, 0.4) is 0 Å². The molecule has 0 saturated carbocycles. The second kappa shape index (κ2) is 30.4. The Morgan fingerprint density at radius 1 is 0.476 bits per heavy atom. The summed E-state index contributed by atoms with van der Waals surface area (Å²) in [5, 5.41) is 64.9. The van der Waals surface area contributed by atoms with E-state index in [0.717, 1.165) is 0 Å². The van der Waals surface area contributed by atoms with Crippen molar-refractivity contribution in [1.29, 1.82) is 0 Å². The van der Waals surface area contributed by atoms with Crippen LogP contribution in [-0.2, 0) is 0 Å². The molecule has 0 heterocycles. The first-order valence-electron chi connectivity index (χ1n) is 2.88. The summed E-state index contributed by atoms with van der Waals surface area (Å²) in [6.07, 6.45) is 0. The summed E-state index contributed by atoms with van der Waals surface area (Å²) in [5.74, 6) is 0. The van der Waals surface area contributed by atoms with Gasteiger partial charge in [-0.1, -0.05) is 0 Å². The van der Waals surface area contributed by atoms with Crippen molar-refractivity contribution in [3.8, 4) is 0 Å². The molecule has 0 rings (SSSR count). The quantitative estimate of drug-likeness (QED) is 0.135. The SMILES string of the molecule is O=[N+](O)O.O=[N+](O)O.O=[N+](O)O.O=[N+]([O-])O.O=[N+]([O-])O.[Er]. The van der Waals surface area contributed by atoms with Crippen LogP contribution in [0.4, 0.5) is 0 Å². The van der Waals surface area contributed by atoms with Crippen LogP contribution in [0, 0.1) is 72.3 Å². The van der Waals surface area contributed by atoms with E-state index >= 15 is 0 Å². The zero-order valence-electron chi connectivity index (χ0n) is 8.96. The van der Waals surface area contributed by atoms with Gasteiger partial charge in [-0.3, -0.25) is 0 Å². The molecule has 21 heavy (non-hydrogen) atoms. The molecule has 132 valence electrons. The molecule has 0 spiro atoms. The van der Waals surface area contributed by atoms with Crippen molar-refractivity contribution >= 4 is 0 Å². The topological polar surface area (TPSA) is 308 Å². The molecule has 0 aliphatic rings. The van der Waals surface area contributed by atoms with Crippen LogP contribution >= 0.6 is 0 Å². The molecule has 0 radical (unpaired) electrons. The minimum Gasteiger partial charge on any atom is -0.328 e. The zero-order valence-corrected chi connectivity index (χ0v) is 10.8. The van der Waals surface area contributed by atoms with Crippen LogP contribution in [0.2, 0.25) is 0 Å². The first kappa shape index (κ1) is 36.2. The molecule has 0 aliphatic carbocycles. The zero-order chi connectivity index (χ0) is 17.9. The maximum atomic E-state index is 8.47. The number of nitrogens with zero attached hydrogens (tertiary/aromatic N) is 5. The molecular weight excluding hydrogens is 477 g/mol. The van der Waals surface area contributed by atoms with E-state index in [1.54, 1.807) is 0 Å². The van der Waals surface area contributed by atoms with Crippen LogP contribution in [0.15, 0.2) is 0 Å². The van der Waals surface area contributed by atoms with Gasteiger partial charge in [-0.05, 0) is 0 Å². The van der Waals surface area contributed by atoms with E-state index in [9.17, 15) is 0 Å². The van der Waals surface area contributed by atoms with Crippen LogP contribution in [0.25, 0.3) is 0 Å². The van der Waals surface area contributed by atoms with Crippen molar-refractivity contribution < 1.29 is 104 Å². The minimum atomic E-state index is -1.50. The van der Waals surface area contributed by atoms with Gasteiger partial charge < -0.3 is 10.4 Å². The molecule has 0 aromatic heterocycles. The number of rotatable bonds is 0. The maximum absolute atomic E-state index is 8.47. The Morgan fingerprint density at radius 3 is 0.476 bits per heavy atom. The van der Waals surface area contributed by atoms with E-state index in [2.05, 4.69) is 0 Å². The van der Waals surface area contributed by atoms with Crippen LogP contribution in [0.5, 0.6) is 0 Å². The summed E-state index contributed by atoms with van der Waals surface area (Å²) >= 11 is 0. The van der Waals surface area contributed by atoms with Gasteiger partial charge in [-0.2, -0.15) is 0 Å². The van der Waals surface area contributed by atoms with Crippen LogP contribution < -0.4 is 0 Å². The van der Waals surface area contributed by atoms with Gasteiger partial charge in [-0.25, -0.2) is 31.2 Å². The Hall–Kier alpha value is -2.75. The summed E-state index contributed by atoms with van der Waals surface area (Å²) in [6, 6.07) is 0. The summed E-state index contributed by atoms with van der Waals surface area (Å²) in [7, 11) is 0. The monoisotopic (exact) mass is 484 g/mol. The molecule has 0 aromatic carbocycles. The normalized spacial score (nSPS) is 5.71. The third-order valence-corrected chi connectivity index (χ3v) is 0. The smallest absolute Gasteiger partial charge is 0.328 e. The van der Waals surface area contributed by atoms with Crippen molar-refractivity contribution in [2.75, 3.05) is 0 Å². The van der Waals surface area contributed by atoms with Gasteiger partial charge in [0.1, 0.15) is 14.7 Å². The van der Waals surface area contributed by atoms with Crippen molar-refractivity contribution in [2.24, 2.45) is 0 Å². The predicted octanol–water partition coefficient (Wildman–Crippen LogP) is -2.06.